The first kappa shape index (κ1) is 19.2. The van der Waals surface area contributed by atoms with Crippen molar-refractivity contribution in [1.29, 1.82) is 0 Å². The highest BCUT2D eigenvalue weighted by atomic mass is 17.2. The first-order chi connectivity index (χ1) is 9.68. The van der Waals surface area contributed by atoms with Gasteiger partial charge in [0, 0.05) is 0 Å². The summed E-state index contributed by atoms with van der Waals surface area (Å²) in [6.07, 6.45) is 1.36. The van der Waals surface area contributed by atoms with Crippen molar-refractivity contribution in [1.82, 2.24) is 0 Å². The van der Waals surface area contributed by atoms with Gasteiger partial charge in [0.05, 0.1) is 11.7 Å². The molecule has 0 aromatic heterocycles. The van der Waals surface area contributed by atoms with Gasteiger partial charge in [0.15, 0.2) is 0 Å². The van der Waals surface area contributed by atoms with Gasteiger partial charge in [0.25, 0.3) is 0 Å². The van der Waals surface area contributed by atoms with Gasteiger partial charge in [-0.2, -0.15) is 9.68 Å². The lowest BCUT2D eigenvalue weighted by atomic mass is 10.0. The fourth-order valence-electron chi connectivity index (χ4n) is 1.27. The average Bonchev–Trinajstić information content (AvgIpc) is 2.34. The van der Waals surface area contributed by atoms with Crippen LogP contribution >= 0.6 is 0 Å². The van der Waals surface area contributed by atoms with Crippen LogP contribution in [-0.4, -0.2) is 23.8 Å². The van der Waals surface area contributed by atoms with Crippen molar-refractivity contribution in [3.8, 4) is 0 Å². The molecular formula is C14H24O7. The van der Waals surface area contributed by atoms with Gasteiger partial charge in [-0.15, -0.1) is 0 Å². The van der Waals surface area contributed by atoms with Gasteiger partial charge in [0.1, 0.15) is 11.9 Å². The van der Waals surface area contributed by atoms with E-state index in [1.54, 1.807) is 13.8 Å². The van der Waals surface area contributed by atoms with E-state index in [0.717, 1.165) is 19.1 Å². The molecule has 0 bridgehead atoms. The van der Waals surface area contributed by atoms with Gasteiger partial charge >= 0.3 is 12.1 Å². The molecule has 21 heavy (non-hydrogen) atoms. The molecule has 0 saturated carbocycles. The Balaban J connectivity index is 4.14. The van der Waals surface area contributed by atoms with Crippen LogP contribution in [0.5, 0.6) is 0 Å². The molecule has 7 nitrogen and oxygen atoms in total. The maximum absolute atomic E-state index is 11.5. The topological polar surface area (TPSA) is 80.3 Å². The Kier molecular flexibility index (Phi) is 8.45. The van der Waals surface area contributed by atoms with Gasteiger partial charge in [-0.05, 0) is 41.0 Å². The molecular weight excluding hydrogens is 280 g/mol. The Morgan fingerprint density at radius 2 is 1.81 bits per heavy atom. The van der Waals surface area contributed by atoms with Gasteiger partial charge in [-0.3, -0.25) is 0 Å². The van der Waals surface area contributed by atoms with Crippen LogP contribution < -0.4 is 0 Å². The van der Waals surface area contributed by atoms with Crippen molar-refractivity contribution in [3.63, 3.8) is 0 Å². The number of hydrogen-bond acceptors (Lipinski definition) is 7. The Morgan fingerprint density at radius 3 is 2.33 bits per heavy atom. The molecule has 0 atom stereocenters. The SMILES string of the molecule is CCCC(C)(C)OOC=C(C)C(=O)OOC(=O)OC(C)C. The second-order valence-electron chi connectivity index (χ2n) is 5.36. The van der Waals surface area contributed by atoms with Crippen LogP contribution in [-0.2, 0) is 29.1 Å². The van der Waals surface area contributed by atoms with Gasteiger partial charge in [0.2, 0.25) is 0 Å². The number of ether oxygens (including phenoxy) is 1. The molecule has 0 heterocycles. The van der Waals surface area contributed by atoms with Crippen LogP contribution in [0.1, 0.15) is 54.4 Å². The summed E-state index contributed by atoms with van der Waals surface area (Å²) in [5, 5.41) is 0. The number of rotatable bonds is 7. The molecule has 0 radical (unpaired) electrons. The van der Waals surface area contributed by atoms with Crippen LogP contribution in [0.25, 0.3) is 0 Å². The minimum atomic E-state index is -1.09. The van der Waals surface area contributed by atoms with Crippen molar-refractivity contribution in [3.05, 3.63) is 11.8 Å². The first-order valence-electron chi connectivity index (χ1n) is 6.78. The second-order valence-corrected chi connectivity index (χ2v) is 5.36. The quantitative estimate of drug-likeness (QED) is 0.234. The molecule has 0 rings (SSSR count). The minimum absolute atomic E-state index is 0.0691. The molecule has 0 unspecified atom stereocenters. The molecule has 122 valence electrons. The van der Waals surface area contributed by atoms with E-state index in [0.29, 0.717) is 0 Å². The van der Waals surface area contributed by atoms with Crippen LogP contribution in [0.15, 0.2) is 11.8 Å². The summed E-state index contributed by atoms with van der Waals surface area (Å²) < 4.78 is 4.62. The van der Waals surface area contributed by atoms with E-state index in [2.05, 4.69) is 14.5 Å². The van der Waals surface area contributed by atoms with Gasteiger partial charge < -0.3 is 9.62 Å². The van der Waals surface area contributed by atoms with Crippen molar-refractivity contribution >= 4 is 12.1 Å². The highest BCUT2D eigenvalue weighted by Gasteiger charge is 2.19. The molecule has 0 aliphatic carbocycles. The summed E-state index contributed by atoms with van der Waals surface area (Å²) in [6.45, 7) is 10.5. The van der Waals surface area contributed by atoms with Crippen molar-refractivity contribution in [2.24, 2.45) is 0 Å². The summed E-state index contributed by atoms with van der Waals surface area (Å²) in [7, 11) is 0. The maximum Gasteiger partial charge on any atom is 0.550 e. The fraction of sp³-hybridized carbons (Fsp3) is 0.714. The average molecular weight is 304 g/mol. The minimum Gasteiger partial charge on any atom is -0.429 e. The zero-order valence-corrected chi connectivity index (χ0v) is 13.4. The third kappa shape index (κ3) is 9.73. The molecule has 7 heteroatoms. The van der Waals surface area contributed by atoms with Gasteiger partial charge in [-0.25, -0.2) is 14.6 Å². The lowest BCUT2D eigenvalue weighted by Gasteiger charge is -2.21. The van der Waals surface area contributed by atoms with E-state index in [1.165, 1.54) is 6.92 Å². The van der Waals surface area contributed by atoms with Crippen molar-refractivity contribution in [2.45, 2.75) is 66.1 Å². The standard InChI is InChI=1S/C14H24O7/c1-7-8-14(5,6)21-17-9-11(4)12(15)19-20-13(16)18-10(2)3/h9-10H,7-8H2,1-6H3. The largest absolute Gasteiger partial charge is 0.550 e. The highest BCUT2D eigenvalue weighted by Crippen LogP contribution is 2.17. The van der Waals surface area contributed by atoms with Crippen LogP contribution in [0.2, 0.25) is 0 Å². The Bertz CT molecular complexity index is 372. The predicted molar refractivity (Wildman–Crippen MR) is 73.7 cm³/mol. The lowest BCUT2D eigenvalue weighted by molar-refractivity contribution is -0.318. The van der Waals surface area contributed by atoms with E-state index in [9.17, 15) is 9.59 Å². The van der Waals surface area contributed by atoms with E-state index in [1.807, 2.05) is 20.8 Å². The summed E-state index contributed by atoms with van der Waals surface area (Å²) in [5.74, 6) is -0.882. The number of hydrogen-bond donors (Lipinski definition) is 0. The lowest BCUT2D eigenvalue weighted by Crippen LogP contribution is -2.23. The zero-order chi connectivity index (χ0) is 16.5. The monoisotopic (exact) mass is 304 g/mol. The van der Waals surface area contributed by atoms with Gasteiger partial charge in [-0.1, -0.05) is 13.3 Å². The summed E-state index contributed by atoms with van der Waals surface area (Å²) in [4.78, 5) is 40.9. The van der Waals surface area contributed by atoms with Crippen LogP contribution in [0, 0.1) is 0 Å². The van der Waals surface area contributed by atoms with E-state index >= 15 is 0 Å². The molecule has 0 N–H and O–H groups in total. The fourth-order valence-corrected chi connectivity index (χ4v) is 1.27. The maximum atomic E-state index is 11.5. The molecule has 0 aromatic rings. The number of carbonyl (C=O) groups excluding carboxylic acids is 2. The van der Waals surface area contributed by atoms with Crippen LogP contribution in [0.4, 0.5) is 4.79 Å². The third-order valence-corrected chi connectivity index (χ3v) is 2.19. The molecule has 0 amide bonds. The second kappa shape index (κ2) is 9.23. The molecule has 0 fully saturated rings. The van der Waals surface area contributed by atoms with Crippen molar-refractivity contribution in [2.75, 3.05) is 0 Å². The third-order valence-electron chi connectivity index (χ3n) is 2.19. The van der Waals surface area contributed by atoms with E-state index in [4.69, 9.17) is 9.78 Å². The number of carbonyl (C=O) groups is 2. The Labute approximate surface area is 125 Å². The van der Waals surface area contributed by atoms with Crippen LogP contribution in [0.3, 0.4) is 0 Å². The first-order valence-corrected chi connectivity index (χ1v) is 6.78. The molecule has 0 saturated heterocycles. The summed E-state index contributed by atoms with van der Waals surface area (Å²) in [5.41, 5.74) is -0.396. The Hall–Kier alpha value is -1.76. The smallest absolute Gasteiger partial charge is 0.429 e. The molecule has 0 spiro atoms. The van der Waals surface area contributed by atoms with E-state index < -0.39 is 17.7 Å². The molecule has 0 aliphatic rings. The predicted octanol–water partition coefficient (Wildman–Crippen LogP) is 3.44. The van der Waals surface area contributed by atoms with E-state index in [-0.39, 0.29) is 11.7 Å². The molecule has 0 aromatic carbocycles. The summed E-state index contributed by atoms with van der Waals surface area (Å²) in [6, 6.07) is 0. The highest BCUT2D eigenvalue weighted by molar-refractivity contribution is 5.87. The summed E-state index contributed by atoms with van der Waals surface area (Å²) >= 11 is 0. The Morgan fingerprint density at radius 1 is 1.19 bits per heavy atom. The zero-order valence-electron chi connectivity index (χ0n) is 13.4. The molecule has 0 aliphatic heterocycles. The normalized spacial score (nSPS) is 12.0. The van der Waals surface area contributed by atoms with Crippen molar-refractivity contribution < 1.29 is 33.9 Å².